The van der Waals surface area contributed by atoms with Gasteiger partial charge in [-0.2, -0.15) is 0 Å². The minimum atomic E-state index is 0.912. The first kappa shape index (κ1) is 10.6. The number of benzene rings is 1. The fourth-order valence-electron chi connectivity index (χ4n) is 1.85. The minimum absolute atomic E-state index is 0.912. The zero-order valence-electron chi connectivity index (χ0n) is 9.32. The van der Waals surface area contributed by atoms with Crippen LogP contribution in [0.3, 0.4) is 0 Å². The van der Waals surface area contributed by atoms with Gasteiger partial charge in [0.15, 0.2) is 0 Å². The highest BCUT2D eigenvalue weighted by Gasteiger charge is 2.03. The molecule has 0 saturated heterocycles. The number of aromatic nitrogens is 1. The fraction of sp³-hybridized carbons (Fsp3) is 0.143. The van der Waals surface area contributed by atoms with E-state index in [4.69, 9.17) is 0 Å². The molecule has 0 bridgehead atoms. The normalized spacial score (nSPS) is 10.2. The maximum Gasteiger partial charge on any atom is 0.0456 e. The van der Waals surface area contributed by atoms with Gasteiger partial charge in [-0.3, -0.25) is 0 Å². The Bertz CT molecular complexity index is 488. The molecule has 82 valence electrons. The van der Waals surface area contributed by atoms with Gasteiger partial charge in [-0.05, 0) is 30.5 Å². The Hall–Kier alpha value is -1.96. The summed E-state index contributed by atoms with van der Waals surface area (Å²) < 4.78 is 0. The summed E-state index contributed by atoms with van der Waals surface area (Å²) in [5, 5.41) is 1.30. The van der Waals surface area contributed by atoms with Crippen LogP contribution in [0.25, 0.3) is 10.9 Å². The van der Waals surface area contributed by atoms with Gasteiger partial charge < -0.3 is 9.88 Å². The van der Waals surface area contributed by atoms with Gasteiger partial charge in [0.1, 0.15) is 0 Å². The summed E-state index contributed by atoms with van der Waals surface area (Å²) >= 11 is 0. The molecule has 2 rings (SSSR count). The molecule has 1 aromatic carbocycles. The van der Waals surface area contributed by atoms with Crippen molar-refractivity contribution in [3.05, 3.63) is 61.6 Å². The van der Waals surface area contributed by atoms with Crippen molar-refractivity contribution in [1.29, 1.82) is 0 Å². The van der Waals surface area contributed by atoms with Crippen LogP contribution in [0, 0.1) is 0 Å². The molecule has 2 aromatic rings. The SMILES string of the molecule is C=CN(C=C)CCc1c[nH]c2ccccc12. The number of nitrogens with zero attached hydrogens (tertiary/aromatic N) is 1. The molecule has 0 radical (unpaired) electrons. The fourth-order valence-corrected chi connectivity index (χ4v) is 1.85. The van der Waals surface area contributed by atoms with Gasteiger partial charge in [0, 0.05) is 23.6 Å². The lowest BCUT2D eigenvalue weighted by atomic mass is 10.1. The van der Waals surface area contributed by atoms with Crippen molar-refractivity contribution in [3.8, 4) is 0 Å². The molecule has 0 spiro atoms. The van der Waals surface area contributed by atoms with Gasteiger partial charge in [-0.15, -0.1) is 0 Å². The largest absolute Gasteiger partial charge is 0.361 e. The lowest BCUT2D eigenvalue weighted by molar-refractivity contribution is 0.513. The lowest BCUT2D eigenvalue weighted by Gasteiger charge is -2.13. The van der Waals surface area contributed by atoms with E-state index < -0.39 is 0 Å². The number of hydrogen-bond donors (Lipinski definition) is 1. The van der Waals surface area contributed by atoms with E-state index in [9.17, 15) is 0 Å². The summed E-state index contributed by atoms with van der Waals surface area (Å²) in [5.41, 5.74) is 2.53. The van der Waals surface area contributed by atoms with Crippen LogP contribution in [0.5, 0.6) is 0 Å². The van der Waals surface area contributed by atoms with E-state index in [0.29, 0.717) is 0 Å². The molecule has 0 atom stereocenters. The summed E-state index contributed by atoms with van der Waals surface area (Å²) in [6.07, 6.45) is 6.65. The van der Waals surface area contributed by atoms with E-state index >= 15 is 0 Å². The number of hydrogen-bond acceptors (Lipinski definition) is 1. The number of rotatable bonds is 5. The van der Waals surface area contributed by atoms with Crippen LogP contribution in [-0.4, -0.2) is 16.4 Å². The van der Waals surface area contributed by atoms with Crippen molar-refractivity contribution >= 4 is 10.9 Å². The Kier molecular flexibility index (Phi) is 3.10. The molecule has 2 heteroatoms. The molecular weight excluding hydrogens is 196 g/mol. The Balaban J connectivity index is 2.15. The van der Waals surface area contributed by atoms with Crippen molar-refractivity contribution in [1.82, 2.24) is 9.88 Å². The van der Waals surface area contributed by atoms with Gasteiger partial charge >= 0.3 is 0 Å². The van der Waals surface area contributed by atoms with Gasteiger partial charge in [-0.25, -0.2) is 0 Å². The number of H-pyrrole nitrogens is 1. The Labute approximate surface area is 95.9 Å². The average Bonchev–Trinajstić information content (AvgIpc) is 2.74. The Morgan fingerprint density at radius 1 is 1.19 bits per heavy atom. The number of aromatic amines is 1. The van der Waals surface area contributed by atoms with Crippen LogP contribution in [-0.2, 0) is 6.42 Å². The molecule has 0 fully saturated rings. The molecule has 0 saturated carbocycles. The summed E-state index contributed by atoms with van der Waals surface area (Å²) in [6, 6.07) is 8.35. The van der Waals surface area contributed by atoms with Crippen molar-refractivity contribution in [2.24, 2.45) is 0 Å². The summed E-state index contributed by atoms with van der Waals surface area (Å²) in [5.74, 6) is 0. The van der Waals surface area contributed by atoms with Gasteiger partial charge in [-0.1, -0.05) is 31.4 Å². The van der Waals surface area contributed by atoms with E-state index in [1.165, 1.54) is 16.5 Å². The highest BCUT2D eigenvalue weighted by molar-refractivity contribution is 5.83. The van der Waals surface area contributed by atoms with E-state index in [1.807, 2.05) is 11.0 Å². The van der Waals surface area contributed by atoms with Gasteiger partial charge in [0.05, 0.1) is 0 Å². The minimum Gasteiger partial charge on any atom is -0.361 e. The average molecular weight is 212 g/mol. The zero-order chi connectivity index (χ0) is 11.4. The van der Waals surface area contributed by atoms with E-state index in [2.05, 4.69) is 42.5 Å². The van der Waals surface area contributed by atoms with Crippen LogP contribution in [0.1, 0.15) is 5.56 Å². The van der Waals surface area contributed by atoms with Crippen LogP contribution in [0.2, 0.25) is 0 Å². The number of nitrogens with one attached hydrogen (secondary N) is 1. The third-order valence-electron chi connectivity index (χ3n) is 2.78. The first-order valence-corrected chi connectivity index (χ1v) is 5.41. The summed E-state index contributed by atoms with van der Waals surface area (Å²) in [7, 11) is 0. The molecule has 1 aromatic heterocycles. The predicted octanol–water partition coefficient (Wildman–Crippen LogP) is 3.30. The highest BCUT2D eigenvalue weighted by Crippen LogP contribution is 2.18. The predicted molar refractivity (Wildman–Crippen MR) is 69.1 cm³/mol. The van der Waals surface area contributed by atoms with Crippen LogP contribution >= 0.6 is 0 Å². The smallest absolute Gasteiger partial charge is 0.0456 e. The van der Waals surface area contributed by atoms with Crippen LogP contribution in [0.15, 0.2) is 56.0 Å². The van der Waals surface area contributed by atoms with Crippen LogP contribution in [0.4, 0.5) is 0 Å². The quantitative estimate of drug-likeness (QED) is 0.805. The van der Waals surface area contributed by atoms with Gasteiger partial charge in [0.25, 0.3) is 0 Å². The number of para-hydroxylation sites is 1. The maximum atomic E-state index is 3.74. The molecule has 0 unspecified atom stereocenters. The van der Waals surface area contributed by atoms with E-state index in [-0.39, 0.29) is 0 Å². The summed E-state index contributed by atoms with van der Waals surface area (Å²) in [6.45, 7) is 8.39. The van der Waals surface area contributed by atoms with Crippen molar-refractivity contribution in [2.45, 2.75) is 6.42 Å². The molecule has 0 aliphatic rings. The van der Waals surface area contributed by atoms with Gasteiger partial charge in [0.2, 0.25) is 0 Å². The molecule has 0 aliphatic carbocycles. The maximum absolute atomic E-state index is 3.74. The standard InChI is InChI=1S/C14H16N2/c1-3-16(4-2)10-9-12-11-15-14-8-6-5-7-13(12)14/h3-8,11,15H,1-2,9-10H2. The molecule has 16 heavy (non-hydrogen) atoms. The molecular formula is C14H16N2. The summed E-state index contributed by atoms with van der Waals surface area (Å²) in [4.78, 5) is 5.27. The Morgan fingerprint density at radius 2 is 1.94 bits per heavy atom. The third-order valence-corrected chi connectivity index (χ3v) is 2.78. The first-order chi connectivity index (χ1) is 7.85. The second kappa shape index (κ2) is 4.71. The molecule has 1 N–H and O–H groups in total. The Morgan fingerprint density at radius 3 is 2.69 bits per heavy atom. The second-order valence-electron chi connectivity index (χ2n) is 3.71. The highest BCUT2D eigenvalue weighted by atomic mass is 15.1. The van der Waals surface area contributed by atoms with Crippen molar-refractivity contribution in [3.63, 3.8) is 0 Å². The lowest BCUT2D eigenvalue weighted by Crippen LogP contribution is -2.12. The van der Waals surface area contributed by atoms with Crippen molar-refractivity contribution in [2.75, 3.05) is 6.54 Å². The molecule has 1 heterocycles. The zero-order valence-corrected chi connectivity index (χ0v) is 9.32. The number of fused-ring (bicyclic) bond motifs is 1. The van der Waals surface area contributed by atoms with E-state index in [1.54, 1.807) is 12.4 Å². The van der Waals surface area contributed by atoms with Crippen LogP contribution < -0.4 is 0 Å². The van der Waals surface area contributed by atoms with E-state index in [0.717, 1.165) is 13.0 Å². The first-order valence-electron chi connectivity index (χ1n) is 5.41. The monoisotopic (exact) mass is 212 g/mol. The molecule has 0 amide bonds. The second-order valence-corrected chi connectivity index (χ2v) is 3.71. The molecule has 0 aliphatic heterocycles. The molecule has 2 nitrogen and oxygen atoms in total. The van der Waals surface area contributed by atoms with Crippen molar-refractivity contribution < 1.29 is 0 Å². The topological polar surface area (TPSA) is 19.0 Å². The third kappa shape index (κ3) is 2.01.